The van der Waals surface area contributed by atoms with Crippen LogP contribution in [0.1, 0.15) is 24.2 Å². The predicted molar refractivity (Wildman–Crippen MR) is 113 cm³/mol. The van der Waals surface area contributed by atoms with Crippen LogP contribution in [0.15, 0.2) is 59.5 Å². The standard InChI is InChI=1S/C23H21F2N5O/c1-14-11-29(12-15-5-3-2-4-6-15)13-18(14)21-27-23(31)20-10-26-22(30(20)28-21)17-8-7-16(24)9-19(17)25/h2-10,14,18H,11-13H2,1H3,(H,27,28,31). The van der Waals surface area contributed by atoms with E-state index in [0.29, 0.717) is 5.82 Å². The predicted octanol–water partition coefficient (Wildman–Crippen LogP) is 3.60. The summed E-state index contributed by atoms with van der Waals surface area (Å²) in [6.07, 6.45) is 1.35. The first-order valence-corrected chi connectivity index (χ1v) is 10.2. The number of H-pyrrole nitrogens is 1. The number of halogens is 2. The average molecular weight is 421 g/mol. The summed E-state index contributed by atoms with van der Waals surface area (Å²) in [4.78, 5) is 22.1. The fourth-order valence-electron chi connectivity index (χ4n) is 4.33. The maximum absolute atomic E-state index is 14.4. The number of fused-ring (bicyclic) bond motifs is 1. The van der Waals surface area contributed by atoms with Gasteiger partial charge in [-0.1, -0.05) is 37.3 Å². The van der Waals surface area contributed by atoms with Crippen LogP contribution in [-0.4, -0.2) is 37.6 Å². The third kappa shape index (κ3) is 3.63. The monoisotopic (exact) mass is 421 g/mol. The fraction of sp³-hybridized carbons (Fsp3) is 0.261. The molecule has 2 aromatic heterocycles. The van der Waals surface area contributed by atoms with Crippen LogP contribution in [0.5, 0.6) is 0 Å². The van der Waals surface area contributed by atoms with E-state index in [9.17, 15) is 13.6 Å². The Labute approximate surface area is 177 Å². The molecule has 3 heterocycles. The Morgan fingerprint density at radius 1 is 1.13 bits per heavy atom. The van der Waals surface area contributed by atoms with Crippen LogP contribution >= 0.6 is 0 Å². The van der Waals surface area contributed by atoms with Gasteiger partial charge in [0.15, 0.2) is 11.3 Å². The number of nitrogens with one attached hydrogen (secondary N) is 1. The highest BCUT2D eigenvalue weighted by Gasteiger charge is 2.33. The lowest BCUT2D eigenvalue weighted by atomic mass is 9.97. The fourth-order valence-corrected chi connectivity index (χ4v) is 4.33. The molecule has 2 aromatic carbocycles. The van der Waals surface area contributed by atoms with Gasteiger partial charge in [-0.2, -0.15) is 5.10 Å². The second-order valence-electron chi connectivity index (χ2n) is 8.11. The second-order valence-corrected chi connectivity index (χ2v) is 8.11. The Balaban J connectivity index is 1.50. The largest absolute Gasteiger partial charge is 0.307 e. The lowest BCUT2D eigenvalue weighted by molar-refractivity contribution is 0.318. The summed E-state index contributed by atoms with van der Waals surface area (Å²) in [6, 6.07) is 13.5. The van der Waals surface area contributed by atoms with Crippen LogP contribution in [0.3, 0.4) is 0 Å². The van der Waals surface area contributed by atoms with Crippen LogP contribution in [0.2, 0.25) is 0 Å². The topological polar surface area (TPSA) is 66.3 Å². The first-order valence-electron chi connectivity index (χ1n) is 10.2. The maximum atomic E-state index is 14.4. The van der Waals surface area contributed by atoms with Gasteiger partial charge in [0.1, 0.15) is 17.5 Å². The van der Waals surface area contributed by atoms with Crippen molar-refractivity contribution in [2.45, 2.75) is 19.4 Å². The molecule has 1 aliphatic heterocycles. The molecule has 158 valence electrons. The van der Waals surface area contributed by atoms with Crippen LogP contribution in [0.4, 0.5) is 8.78 Å². The zero-order valence-electron chi connectivity index (χ0n) is 16.9. The molecule has 1 fully saturated rings. The zero-order chi connectivity index (χ0) is 21.5. The lowest BCUT2D eigenvalue weighted by Gasteiger charge is -2.16. The highest BCUT2D eigenvalue weighted by molar-refractivity contribution is 5.61. The molecule has 0 radical (unpaired) electrons. The van der Waals surface area contributed by atoms with Crippen molar-refractivity contribution in [3.05, 3.63) is 88.1 Å². The number of imidazole rings is 1. The van der Waals surface area contributed by atoms with E-state index < -0.39 is 11.6 Å². The van der Waals surface area contributed by atoms with E-state index in [1.54, 1.807) is 0 Å². The minimum Gasteiger partial charge on any atom is -0.307 e. The lowest BCUT2D eigenvalue weighted by Crippen LogP contribution is -2.23. The molecule has 5 rings (SSSR count). The summed E-state index contributed by atoms with van der Waals surface area (Å²) in [5.41, 5.74) is 1.21. The van der Waals surface area contributed by atoms with E-state index in [-0.39, 0.29) is 34.3 Å². The molecular weight excluding hydrogens is 400 g/mol. The van der Waals surface area contributed by atoms with Crippen molar-refractivity contribution in [3.63, 3.8) is 0 Å². The van der Waals surface area contributed by atoms with Crippen molar-refractivity contribution in [1.82, 2.24) is 24.5 Å². The van der Waals surface area contributed by atoms with E-state index >= 15 is 0 Å². The maximum Gasteiger partial charge on any atom is 0.276 e. The first kappa shape index (κ1) is 19.6. The summed E-state index contributed by atoms with van der Waals surface area (Å²) < 4.78 is 29.0. The molecule has 0 saturated carbocycles. The zero-order valence-corrected chi connectivity index (χ0v) is 16.9. The number of hydrogen-bond donors (Lipinski definition) is 1. The molecule has 0 amide bonds. The van der Waals surface area contributed by atoms with Crippen molar-refractivity contribution in [2.24, 2.45) is 5.92 Å². The molecule has 0 spiro atoms. The number of benzene rings is 2. The summed E-state index contributed by atoms with van der Waals surface area (Å²) in [7, 11) is 0. The Kier molecular flexibility index (Phi) is 4.86. The third-order valence-electron chi connectivity index (χ3n) is 5.88. The van der Waals surface area contributed by atoms with E-state index in [1.165, 1.54) is 22.3 Å². The molecule has 31 heavy (non-hydrogen) atoms. The normalized spacial score (nSPS) is 19.3. The first-order chi connectivity index (χ1) is 15.0. The van der Waals surface area contributed by atoms with Gasteiger partial charge in [-0.05, 0) is 23.6 Å². The Morgan fingerprint density at radius 3 is 2.71 bits per heavy atom. The SMILES string of the molecule is CC1CN(Cc2ccccc2)CC1c1nn2c(-c3ccc(F)cc3F)ncc2c(=O)[nH]1. The molecule has 0 bridgehead atoms. The van der Waals surface area contributed by atoms with Crippen LogP contribution in [0, 0.1) is 17.6 Å². The van der Waals surface area contributed by atoms with E-state index in [1.807, 2.05) is 18.2 Å². The van der Waals surface area contributed by atoms with Gasteiger partial charge in [0.25, 0.3) is 5.56 Å². The molecule has 1 N–H and O–H groups in total. The molecule has 8 heteroatoms. The summed E-state index contributed by atoms with van der Waals surface area (Å²) in [5, 5.41) is 4.62. The van der Waals surface area contributed by atoms with Gasteiger partial charge in [0.2, 0.25) is 0 Å². The Bertz CT molecular complexity index is 1300. The van der Waals surface area contributed by atoms with E-state index in [0.717, 1.165) is 31.8 Å². The number of aromatic amines is 1. The smallest absolute Gasteiger partial charge is 0.276 e. The van der Waals surface area contributed by atoms with Gasteiger partial charge in [0.05, 0.1) is 11.8 Å². The molecule has 1 aliphatic rings. The van der Waals surface area contributed by atoms with Crippen molar-refractivity contribution >= 4 is 5.52 Å². The van der Waals surface area contributed by atoms with Crippen molar-refractivity contribution in [3.8, 4) is 11.4 Å². The molecule has 1 saturated heterocycles. The summed E-state index contributed by atoms with van der Waals surface area (Å²) in [5.74, 6) is -0.409. The van der Waals surface area contributed by atoms with E-state index in [2.05, 4.69) is 39.0 Å². The van der Waals surface area contributed by atoms with Gasteiger partial charge in [-0.25, -0.2) is 18.3 Å². The number of likely N-dealkylation sites (tertiary alicyclic amines) is 1. The second kappa shape index (κ2) is 7.70. The van der Waals surface area contributed by atoms with Crippen LogP contribution < -0.4 is 5.56 Å². The number of hydrogen-bond acceptors (Lipinski definition) is 4. The molecule has 2 atom stereocenters. The Hall–Kier alpha value is -3.39. The average Bonchev–Trinajstić information content (AvgIpc) is 3.32. The third-order valence-corrected chi connectivity index (χ3v) is 5.88. The van der Waals surface area contributed by atoms with Crippen molar-refractivity contribution < 1.29 is 8.78 Å². The van der Waals surface area contributed by atoms with Crippen LogP contribution in [0.25, 0.3) is 16.9 Å². The Morgan fingerprint density at radius 2 is 1.94 bits per heavy atom. The van der Waals surface area contributed by atoms with Crippen molar-refractivity contribution in [1.29, 1.82) is 0 Å². The minimum atomic E-state index is -0.751. The molecule has 6 nitrogen and oxygen atoms in total. The van der Waals surface area contributed by atoms with E-state index in [4.69, 9.17) is 0 Å². The molecule has 0 aliphatic carbocycles. The number of rotatable bonds is 4. The molecule has 4 aromatic rings. The van der Waals surface area contributed by atoms with Crippen molar-refractivity contribution in [2.75, 3.05) is 13.1 Å². The van der Waals surface area contributed by atoms with Gasteiger partial charge in [-0.15, -0.1) is 0 Å². The summed E-state index contributed by atoms with van der Waals surface area (Å²) in [6.45, 7) is 4.59. The summed E-state index contributed by atoms with van der Waals surface area (Å²) >= 11 is 0. The van der Waals surface area contributed by atoms with Gasteiger partial charge < -0.3 is 4.98 Å². The van der Waals surface area contributed by atoms with Gasteiger partial charge in [-0.3, -0.25) is 9.69 Å². The quantitative estimate of drug-likeness (QED) is 0.547. The van der Waals surface area contributed by atoms with Crippen LogP contribution in [-0.2, 0) is 6.54 Å². The molecule has 2 unspecified atom stereocenters. The number of aromatic nitrogens is 4. The van der Waals surface area contributed by atoms with Gasteiger partial charge in [0, 0.05) is 31.6 Å². The number of nitrogens with zero attached hydrogens (tertiary/aromatic N) is 4. The van der Waals surface area contributed by atoms with Gasteiger partial charge >= 0.3 is 0 Å². The highest BCUT2D eigenvalue weighted by atomic mass is 19.1. The highest BCUT2D eigenvalue weighted by Crippen LogP contribution is 2.31. The minimum absolute atomic E-state index is 0.0223. The molecular formula is C23H21F2N5O.